The first-order valence-electron chi connectivity index (χ1n) is 7.24. The maximum Gasteiger partial charge on any atom is 0.254 e. The van der Waals surface area contributed by atoms with Crippen LogP contribution in [0.4, 0.5) is 0 Å². The lowest BCUT2D eigenvalue weighted by Crippen LogP contribution is -2.41. The van der Waals surface area contributed by atoms with Crippen molar-refractivity contribution in [2.45, 2.75) is 45.1 Å². The predicted octanol–water partition coefficient (Wildman–Crippen LogP) is 4.58. The molecular formula is C16H19Br2NO2. The lowest BCUT2D eigenvalue weighted by atomic mass is 10.0. The molecule has 114 valence electrons. The van der Waals surface area contributed by atoms with Crippen molar-refractivity contribution in [1.82, 2.24) is 4.90 Å². The summed E-state index contributed by atoms with van der Waals surface area (Å²) >= 11 is 6.84. The van der Waals surface area contributed by atoms with Gasteiger partial charge in [0.25, 0.3) is 5.91 Å². The van der Waals surface area contributed by atoms with Crippen molar-refractivity contribution in [3.63, 3.8) is 0 Å². The molecule has 0 aliphatic carbocycles. The summed E-state index contributed by atoms with van der Waals surface area (Å²) in [6.07, 6.45) is 4.60. The molecule has 5 heteroatoms. The van der Waals surface area contributed by atoms with E-state index in [-0.39, 0.29) is 17.7 Å². The van der Waals surface area contributed by atoms with Crippen LogP contribution in [0.2, 0.25) is 0 Å². The molecule has 1 saturated heterocycles. The van der Waals surface area contributed by atoms with Crippen LogP contribution in [0.1, 0.15) is 49.4 Å². The molecule has 0 radical (unpaired) electrons. The molecule has 2 rings (SSSR count). The average Bonchev–Trinajstić information content (AvgIpc) is 2.61. The summed E-state index contributed by atoms with van der Waals surface area (Å²) in [6.45, 7) is 2.34. The van der Waals surface area contributed by atoms with Crippen molar-refractivity contribution in [2.24, 2.45) is 0 Å². The summed E-state index contributed by atoms with van der Waals surface area (Å²) in [5, 5.41) is 0. The number of benzene rings is 1. The molecule has 1 unspecified atom stereocenters. The van der Waals surface area contributed by atoms with E-state index in [1.165, 1.54) is 0 Å². The highest BCUT2D eigenvalue weighted by Crippen LogP contribution is 2.25. The van der Waals surface area contributed by atoms with Gasteiger partial charge in [0.05, 0.1) is 0 Å². The third-order valence-corrected chi connectivity index (χ3v) is 4.69. The van der Waals surface area contributed by atoms with Gasteiger partial charge in [-0.2, -0.15) is 0 Å². The van der Waals surface area contributed by atoms with Crippen molar-refractivity contribution in [3.05, 3.63) is 32.7 Å². The van der Waals surface area contributed by atoms with Crippen LogP contribution in [0.25, 0.3) is 0 Å². The van der Waals surface area contributed by atoms with Crippen molar-refractivity contribution < 1.29 is 9.59 Å². The Labute approximate surface area is 142 Å². The number of likely N-dealkylation sites (tertiary alicyclic amines) is 1. The minimum absolute atomic E-state index is 0.0187. The molecule has 21 heavy (non-hydrogen) atoms. The standard InChI is InChI=1S/C16H19Br2NO2/c1-11(20)7-15-5-3-2-4-6-19(15)16(21)12-8-13(17)10-14(18)9-12/h8-10,15H,2-7H2,1H3. The fourth-order valence-electron chi connectivity index (χ4n) is 2.83. The fourth-order valence-corrected chi connectivity index (χ4v) is 4.13. The second kappa shape index (κ2) is 7.54. The molecule has 0 aromatic heterocycles. The lowest BCUT2D eigenvalue weighted by molar-refractivity contribution is -0.118. The van der Waals surface area contributed by atoms with Gasteiger partial charge >= 0.3 is 0 Å². The number of rotatable bonds is 3. The van der Waals surface area contributed by atoms with E-state index in [4.69, 9.17) is 0 Å². The van der Waals surface area contributed by atoms with E-state index in [0.29, 0.717) is 12.0 Å². The molecule has 3 nitrogen and oxygen atoms in total. The molecule has 1 fully saturated rings. The zero-order valence-corrected chi connectivity index (χ0v) is 15.2. The van der Waals surface area contributed by atoms with E-state index in [0.717, 1.165) is 41.2 Å². The van der Waals surface area contributed by atoms with Gasteiger partial charge in [-0.1, -0.05) is 44.7 Å². The van der Waals surface area contributed by atoms with E-state index in [2.05, 4.69) is 31.9 Å². The Bertz CT molecular complexity index is 525. The zero-order chi connectivity index (χ0) is 15.4. The van der Waals surface area contributed by atoms with Crippen molar-refractivity contribution >= 4 is 43.6 Å². The maximum atomic E-state index is 12.8. The second-order valence-electron chi connectivity index (χ2n) is 5.57. The van der Waals surface area contributed by atoms with Crippen molar-refractivity contribution in [3.8, 4) is 0 Å². The molecule has 1 heterocycles. The van der Waals surface area contributed by atoms with Gasteiger partial charge in [-0.25, -0.2) is 0 Å². The molecule has 0 N–H and O–H groups in total. The molecule has 1 aliphatic rings. The van der Waals surface area contributed by atoms with Gasteiger partial charge in [0.15, 0.2) is 0 Å². The summed E-state index contributed by atoms with van der Waals surface area (Å²) in [7, 11) is 0. The van der Waals surface area contributed by atoms with Gasteiger partial charge in [0.2, 0.25) is 0 Å². The van der Waals surface area contributed by atoms with Gasteiger partial charge < -0.3 is 4.90 Å². The molecule has 1 aromatic carbocycles. The Balaban J connectivity index is 2.26. The van der Waals surface area contributed by atoms with Crippen LogP contribution < -0.4 is 0 Å². The largest absolute Gasteiger partial charge is 0.335 e. The highest BCUT2D eigenvalue weighted by atomic mass is 79.9. The first kappa shape index (κ1) is 16.7. The Morgan fingerprint density at radius 3 is 2.43 bits per heavy atom. The number of Topliss-reactive ketones (excluding diaryl/α,β-unsaturated/α-hetero) is 1. The molecule has 0 spiro atoms. The average molecular weight is 417 g/mol. The SMILES string of the molecule is CC(=O)CC1CCCCCN1C(=O)c1cc(Br)cc(Br)c1. The Morgan fingerprint density at radius 1 is 1.14 bits per heavy atom. The predicted molar refractivity (Wildman–Crippen MR) is 90.4 cm³/mol. The van der Waals surface area contributed by atoms with Crippen LogP contribution in [0.3, 0.4) is 0 Å². The zero-order valence-electron chi connectivity index (χ0n) is 12.1. The summed E-state index contributed by atoms with van der Waals surface area (Å²) in [6, 6.07) is 5.62. The van der Waals surface area contributed by atoms with Crippen LogP contribution in [0.15, 0.2) is 27.1 Å². The van der Waals surface area contributed by atoms with E-state index < -0.39 is 0 Å². The van der Waals surface area contributed by atoms with Gasteiger partial charge in [-0.15, -0.1) is 0 Å². The number of carbonyl (C=O) groups excluding carboxylic acids is 2. The second-order valence-corrected chi connectivity index (χ2v) is 7.40. The normalized spacial score (nSPS) is 19.2. The van der Waals surface area contributed by atoms with Crippen molar-refractivity contribution in [1.29, 1.82) is 0 Å². The molecule has 1 aliphatic heterocycles. The monoisotopic (exact) mass is 415 g/mol. The molecule has 0 bridgehead atoms. The number of nitrogens with zero attached hydrogens (tertiary/aromatic N) is 1. The highest BCUT2D eigenvalue weighted by Gasteiger charge is 2.27. The Morgan fingerprint density at radius 2 is 1.81 bits per heavy atom. The number of hydrogen-bond acceptors (Lipinski definition) is 2. The Hall–Kier alpha value is -0.680. The van der Waals surface area contributed by atoms with Crippen LogP contribution in [-0.2, 0) is 4.79 Å². The number of amides is 1. The van der Waals surface area contributed by atoms with Gasteiger partial charge in [0, 0.05) is 33.5 Å². The first-order valence-corrected chi connectivity index (χ1v) is 8.82. The molecule has 0 saturated carbocycles. The van der Waals surface area contributed by atoms with Crippen LogP contribution in [0.5, 0.6) is 0 Å². The molecule has 1 amide bonds. The van der Waals surface area contributed by atoms with E-state index in [9.17, 15) is 9.59 Å². The smallest absolute Gasteiger partial charge is 0.254 e. The van der Waals surface area contributed by atoms with Crippen LogP contribution >= 0.6 is 31.9 Å². The van der Waals surface area contributed by atoms with E-state index >= 15 is 0 Å². The number of ketones is 1. The summed E-state index contributed by atoms with van der Waals surface area (Å²) in [4.78, 5) is 26.2. The number of hydrogen-bond donors (Lipinski definition) is 0. The minimum atomic E-state index is 0.0187. The van der Waals surface area contributed by atoms with Gasteiger partial charge in [0.1, 0.15) is 5.78 Å². The third-order valence-electron chi connectivity index (χ3n) is 3.77. The van der Waals surface area contributed by atoms with E-state index in [1.807, 2.05) is 23.1 Å². The molecule has 1 atom stereocenters. The fraction of sp³-hybridized carbons (Fsp3) is 0.500. The van der Waals surface area contributed by atoms with E-state index in [1.54, 1.807) is 6.92 Å². The minimum Gasteiger partial charge on any atom is -0.335 e. The van der Waals surface area contributed by atoms with Gasteiger partial charge in [-0.3, -0.25) is 9.59 Å². The first-order chi connectivity index (χ1) is 9.97. The van der Waals surface area contributed by atoms with Crippen molar-refractivity contribution in [2.75, 3.05) is 6.54 Å². The summed E-state index contributed by atoms with van der Waals surface area (Å²) in [5.41, 5.74) is 0.659. The molecule has 1 aromatic rings. The number of halogens is 2. The van der Waals surface area contributed by atoms with Gasteiger partial charge in [-0.05, 0) is 38.0 Å². The number of carbonyl (C=O) groups is 2. The quantitative estimate of drug-likeness (QED) is 0.723. The van der Waals surface area contributed by atoms with Crippen LogP contribution in [0, 0.1) is 0 Å². The molecular weight excluding hydrogens is 398 g/mol. The lowest BCUT2D eigenvalue weighted by Gasteiger charge is -2.29. The summed E-state index contributed by atoms with van der Waals surface area (Å²) < 4.78 is 1.75. The van der Waals surface area contributed by atoms with Crippen LogP contribution in [-0.4, -0.2) is 29.2 Å². The Kier molecular flexibility index (Phi) is 5.99. The topological polar surface area (TPSA) is 37.4 Å². The summed E-state index contributed by atoms with van der Waals surface area (Å²) in [5.74, 6) is 0.167. The maximum absolute atomic E-state index is 12.8. The highest BCUT2D eigenvalue weighted by molar-refractivity contribution is 9.11. The third kappa shape index (κ3) is 4.65.